The Kier molecular flexibility index (Phi) is 3.38. The van der Waals surface area contributed by atoms with Crippen molar-refractivity contribution in [2.45, 2.75) is 46.1 Å². The third kappa shape index (κ3) is 2.48. The van der Waals surface area contributed by atoms with Crippen molar-refractivity contribution in [3.05, 3.63) is 0 Å². The summed E-state index contributed by atoms with van der Waals surface area (Å²) in [6.07, 6.45) is 4.23. The van der Waals surface area contributed by atoms with Crippen molar-refractivity contribution in [2.75, 3.05) is 13.1 Å². The van der Waals surface area contributed by atoms with E-state index in [1.54, 1.807) is 0 Å². The molecular formula is C10H21N. The molecule has 1 heterocycles. The number of hydrogen-bond donors (Lipinski definition) is 0. The van der Waals surface area contributed by atoms with Crippen molar-refractivity contribution in [3.8, 4) is 0 Å². The van der Waals surface area contributed by atoms with Crippen molar-refractivity contribution in [1.29, 1.82) is 0 Å². The van der Waals surface area contributed by atoms with E-state index in [2.05, 4.69) is 25.7 Å². The van der Waals surface area contributed by atoms with Crippen LogP contribution in [0, 0.1) is 5.92 Å². The molecule has 0 radical (unpaired) electrons. The van der Waals surface area contributed by atoms with Crippen LogP contribution in [0.25, 0.3) is 0 Å². The van der Waals surface area contributed by atoms with E-state index in [1.807, 2.05) is 0 Å². The van der Waals surface area contributed by atoms with Crippen LogP contribution in [0.1, 0.15) is 40.0 Å². The standard InChI is InChI=1S/C10H21N/c1-4-5-10-6-7-11(8-10)9(2)3/h9-10H,4-8H2,1-3H3/t10-/m0/s1. The minimum Gasteiger partial charge on any atom is -0.301 e. The topological polar surface area (TPSA) is 3.24 Å². The fourth-order valence-electron chi connectivity index (χ4n) is 1.98. The van der Waals surface area contributed by atoms with Gasteiger partial charge < -0.3 is 4.90 Å². The molecule has 0 amide bonds. The number of rotatable bonds is 3. The summed E-state index contributed by atoms with van der Waals surface area (Å²) in [6, 6.07) is 0.761. The zero-order chi connectivity index (χ0) is 8.27. The SMILES string of the molecule is CCC[C@H]1CCN(C(C)C)C1. The molecule has 1 aliphatic rings. The van der Waals surface area contributed by atoms with E-state index < -0.39 is 0 Å². The fraction of sp³-hybridized carbons (Fsp3) is 1.00. The first-order valence-corrected chi connectivity index (χ1v) is 4.98. The second kappa shape index (κ2) is 4.10. The highest BCUT2D eigenvalue weighted by Crippen LogP contribution is 2.22. The number of likely N-dealkylation sites (tertiary alicyclic amines) is 1. The van der Waals surface area contributed by atoms with Gasteiger partial charge in [0.2, 0.25) is 0 Å². The number of hydrogen-bond acceptors (Lipinski definition) is 1. The highest BCUT2D eigenvalue weighted by atomic mass is 15.2. The lowest BCUT2D eigenvalue weighted by Crippen LogP contribution is -2.28. The fourth-order valence-corrected chi connectivity index (χ4v) is 1.98. The molecule has 0 saturated carbocycles. The van der Waals surface area contributed by atoms with Crippen molar-refractivity contribution in [2.24, 2.45) is 5.92 Å². The second-order valence-electron chi connectivity index (χ2n) is 4.03. The van der Waals surface area contributed by atoms with E-state index in [0.717, 1.165) is 12.0 Å². The molecule has 1 fully saturated rings. The van der Waals surface area contributed by atoms with Crippen LogP contribution in [-0.4, -0.2) is 24.0 Å². The molecule has 66 valence electrons. The largest absolute Gasteiger partial charge is 0.301 e. The molecular weight excluding hydrogens is 134 g/mol. The summed E-state index contributed by atoms with van der Waals surface area (Å²) in [5.74, 6) is 1.00. The minimum absolute atomic E-state index is 0.761. The van der Waals surface area contributed by atoms with Gasteiger partial charge in [0.05, 0.1) is 0 Å². The molecule has 0 spiro atoms. The highest BCUT2D eigenvalue weighted by Gasteiger charge is 2.22. The first-order valence-electron chi connectivity index (χ1n) is 4.98. The lowest BCUT2D eigenvalue weighted by atomic mass is 10.0. The van der Waals surface area contributed by atoms with Crippen LogP contribution < -0.4 is 0 Å². The van der Waals surface area contributed by atoms with Gasteiger partial charge in [-0.1, -0.05) is 13.3 Å². The predicted octanol–water partition coefficient (Wildman–Crippen LogP) is 2.52. The molecule has 11 heavy (non-hydrogen) atoms. The molecule has 1 heteroatoms. The van der Waals surface area contributed by atoms with Gasteiger partial charge in [-0.15, -0.1) is 0 Å². The normalized spacial score (nSPS) is 26.7. The lowest BCUT2D eigenvalue weighted by molar-refractivity contribution is 0.263. The Balaban J connectivity index is 2.23. The van der Waals surface area contributed by atoms with E-state index in [9.17, 15) is 0 Å². The summed E-state index contributed by atoms with van der Waals surface area (Å²) >= 11 is 0. The van der Waals surface area contributed by atoms with Crippen LogP contribution in [0.3, 0.4) is 0 Å². The van der Waals surface area contributed by atoms with E-state index >= 15 is 0 Å². The van der Waals surface area contributed by atoms with Gasteiger partial charge in [0.1, 0.15) is 0 Å². The summed E-state index contributed by atoms with van der Waals surface area (Å²) < 4.78 is 0. The van der Waals surface area contributed by atoms with Crippen molar-refractivity contribution in [3.63, 3.8) is 0 Å². The molecule has 0 N–H and O–H groups in total. The molecule has 0 aromatic rings. The van der Waals surface area contributed by atoms with Gasteiger partial charge in [-0.25, -0.2) is 0 Å². The van der Waals surface area contributed by atoms with Gasteiger partial charge >= 0.3 is 0 Å². The molecule has 0 aromatic carbocycles. The Morgan fingerprint density at radius 3 is 2.64 bits per heavy atom. The van der Waals surface area contributed by atoms with Gasteiger partial charge in [-0.3, -0.25) is 0 Å². The highest BCUT2D eigenvalue weighted by molar-refractivity contribution is 4.77. The third-order valence-electron chi connectivity index (χ3n) is 2.74. The molecule has 0 aromatic heterocycles. The molecule has 1 aliphatic heterocycles. The van der Waals surface area contributed by atoms with Gasteiger partial charge in [0, 0.05) is 12.6 Å². The van der Waals surface area contributed by atoms with Gasteiger partial charge in [0.25, 0.3) is 0 Å². The summed E-state index contributed by atoms with van der Waals surface area (Å²) in [7, 11) is 0. The van der Waals surface area contributed by atoms with Gasteiger partial charge in [-0.05, 0) is 39.2 Å². The average molecular weight is 155 g/mol. The summed E-state index contributed by atoms with van der Waals surface area (Å²) in [5.41, 5.74) is 0. The van der Waals surface area contributed by atoms with Crippen molar-refractivity contribution >= 4 is 0 Å². The molecule has 0 aliphatic carbocycles. The van der Waals surface area contributed by atoms with Crippen molar-refractivity contribution in [1.82, 2.24) is 4.90 Å². The number of nitrogens with zero attached hydrogens (tertiary/aromatic N) is 1. The predicted molar refractivity (Wildman–Crippen MR) is 49.7 cm³/mol. The zero-order valence-electron chi connectivity index (χ0n) is 8.14. The van der Waals surface area contributed by atoms with E-state index in [0.29, 0.717) is 0 Å². The Morgan fingerprint density at radius 1 is 1.45 bits per heavy atom. The van der Waals surface area contributed by atoms with Crippen molar-refractivity contribution < 1.29 is 0 Å². The van der Waals surface area contributed by atoms with E-state index in [-0.39, 0.29) is 0 Å². The Morgan fingerprint density at radius 2 is 2.18 bits per heavy atom. The summed E-state index contributed by atoms with van der Waals surface area (Å²) in [4.78, 5) is 2.60. The molecule has 0 bridgehead atoms. The average Bonchev–Trinajstić information content (AvgIpc) is 2.37. The minimum atomic E-state index is 0.761. The van der Waals surface area contributed by atoms with Crippen LogP contribution in [-0.2, 0) is 0 Å². The summed E-state index contributed by atoms with van der Waals surface area (Å²) in [5, 5.41) is 0. The third-order valence-corrected chi connectivity index (χ3v) is 2.74. The smallest absolute Gasteiger partial charge is 0.00387 e. The lowest BCUT2D eigenvalue weighted by Gasteiger charge is -2.19. The zero-order valence-corrected chi connectivity index (χ0v) is 8.14. The second-order valence-corrected chi connectivity index (χ2v) is 4.03. The Hall–Kier alpha value is -0.0400. The van der Waals surface area contributed by atoms with E-state index in [4.69, 9.17) is 0 Å². The maximum Gasteiger partial charge on any atom is 0.00387 e. The first kappa shape index (κ1) is 9.05. The summed E-state index contributed by atoms with van der Waals surface area (Å²) in [6.45, 7) is 9.58. The van der Waals surface area contributed by atoms with Crippen LogP contribution in [0.4, 0.5) is 0 Å². The maximum absolute atomic E-state index is 2.60. The van der Waals surface area contributed by atoms with Crippen LogP contribution in [0.2, 0.25) is 0 Å². The van der Waals surface area contributed by atoms with Crippen LogP contribution in [0.5, 0.6) is 0 Å². The van der Waals surface area contributed by atoms with Gasteiger partial charge in [0.15, 0.2) is 0 Å². The van der Waals surface area contributed by atoms with Crippen LogP contribution >= 0.6 is 0 Å². The monoisotopic (exact) mass is 155 g/mol. The van der Waals surface area contributed by atoms with E-state index in [1.165, 1.54) is 32.4 Å². The molecule has 1 rings (SSSR count). The molecule has 0 unspecified atom stereocenters. The molecule has 1 saturated heterocycles. The van der Waals surface area contributed by atoms with Gasteiger partial charge in [-0.2, -0.15) is 0 Å². The Bertz CT molecular complexity index is 109. The molecule has 1 nitrogen and oxygen atoms in total. The maximum atomic E-state index is 2.60. The first-order chi connectivity index (χ1) is 5.24. The quantitative estimate of drug-likeness (QED) is 0.605. The van der Waals surface area contributed by atoms with Crippen LogP contribution in [0.15, 0.2) is 0 Å². The molecule has 1 atom stereocenters. The Labute approximate surface area is 70.8 Å².